The van der Waals surface area contributed by atoms with Crippen LogP contribution in [0.3, 0.4) is 0 Å². The molecular formula is C23H21N3O4S2. The van der Waals surface area contributed by atoms with E-state index < -0.39 is 5.97 Å². The molecule has 0 amide bonds. The second-order valence-electron chi connectivity index (χ2n) is 6.62. The minimum absolute atomic E-state index is 0.140. The molecule has 0 fully saturated rings. The van der Waals surface area contributed by atoms with E-state index in [0.29, 0.717) is 31.6 Å². The van der Waals surface area contributed by atoms with E-state index in [1.165, 1.54) is 24.5 Å². The van der Waals surface area contributed by atoms with Gasteiger partial charge in [-0.05, 0) is 38.5 Å². The second kappa shape index (κ2) is 10.2. The van der Waals surface area contributed by atoms with Crippen molar-refractivity contribution in [2.24, 2.45) is 0 Å². The van der Waals surface area contributed by atoms with Gasteiger partial charge in [0.25, 0.3) is 0 Å². The number of carbonyl (C=O) groups excluding carboxylic acids is 2. The molecular weight excluding hydrogens is 446 g/mol. The van der Waals surface area contributed by atoms with Gasteiger partial charge in [0.1, 0.15) is 27.4 Å². The Bertz CT molecular complexity index is 1230. The molecule has 0 aliphatic heterocycles. The minimum Gasteiger partial charge on any atom is -0.497 e. The van der Waals surface area contributed by atoms with E-state index >= 15 is 0 Å². The Morgan fingerprint density at radius 3 is 2.78 bits per heavy atom. The quantitative estimate of drug-likeness (QED) is 0.263. The number of ketones is 1. The summed E-state index contributed by atoms with van der Waals surface area (Å²) >= 11 is 2.49. The maximum absolute atomic E-state index is 12.4. The van der Waals surface area contributed by atoms with Crippen LogP contribution >= 0.6 is 22.7 Å². The van der Waals surface area contributed by atoms with Crippen LogP contribution in [0.15, 0.2) is 35.8 Å². The monoisotopic (exact) mass is 467 g/mol. The van der Waals surface area contributed by atoms with Gasteiger partial charge in [-0.1, -0.05) is 12.1 Å². The average molecular weight is 468 g/mol. The van der Waals surface area contributed by atoms with Crippen molar-refractivity contribution in [2.45, 2.75) is 20.8 Å². The molecule has 9 heteroatoms. The summed E-state index contributed by atoms with van der Waals surface area (Å²) in [6.45, 7) is 5.09. The third-order valence-electron chi connectivity index (χ3n) is 4.51. The van der Waals surface area contributed by atoms with Crippen LogP contribution in [0.5, 0.6) is 5.75 Å². The number of nitrogens with one attached hydrogen (secondary N) is 1. The summed E-state index contributed by atoms with van der Waals surface area (Å²) in [7, 11) is 1.60. The Labute approximate surface area is 193 Å². The zero-order valence-corrected chi connectivity index (χ0v) is 19.6. The van der Waals surface area contributed by atoms with E-state index in [4.69, 9.17) is 9.47 Å². The number of thiazole rings is 1. The minimum atomic E-state index is -0.516. The Morgan fingerprint density at radius 1 is 1.34 bits per heavy atom. The molecule has 0 aliphatic rings. The van der Waals surface area contributed by atoms with Crippen molar-refractivity contribution in [1.82, 2.24) is 4.98 Å². The average Bonchev–Trinajstić information content (AvgIpc) is 3.39. The first-order chi connectivity index (χ1) is 15.4. The number of aromatic nitrogens is 1. The summed E-state index contributed by atoms with van der Waals surface area (Å²) in [5.74, 6) is 0.0618. The van der Waals surface area contributed by atoms with E-state index in [2.05, 4.69) is 16.4 Å². The number of Topliss-reactive ketones (excluding diaryl/α,β-unsaturated/α-hetero) is 1. The van der Waals surface area contributed by atoms with Crippen LogP contribution in [0.4, 0.5) is 5.00 Å². The van der Waals surface area contributed by atoms with Gasteiger partial charge in [0, 0.05) is 17.1 Å². The van der Waals surface area contributed by atoms with Crippen molar-refractivity contribution in [3.05, 3.63) is 56.9 Å². The molecule has 164 valence electrons. The number of allylic oxidation sites excluding steroid dienone is 1. The fourth-order valence-corrected chi connectivity index (χ4v) is 4.85. The van der Waals surface area contributed by atoms with Gasteiger partial charge < -0.3 is 14.8 Å². The first kappa shape index (κ1) is 23.2. The number of nitriles is 1. The lowest BCUT2D eigenvalue weighted by Gasteiger charge is -2.05. The third kappa shape index (κ3) is 4.88. The van der Waals surface area contributed by atoms with Gasteiger partial charge in [-0.3, -0.25) is 4.79 Å². The lowest BCUT2D eigenvalue weighted by molar-refractivity contribution is 0.0527. The van der Waals surface area contributed by atoms with E-state index in [-0.39, 0.29) is 12.4 Å². The number of nitrogens with zero attached hydrogens (tertiary/aromatic N) is 2. The Morgan fingerprint density at radius 2 is 2.12 bits per heavy atom. The smallest absolute Gasteiger partial charge is 0.341 e. The Hall–Kier alpha value is -3.48. The van der Waals surface area contributed by atoms with E-state index in [9.17, 15) is 14.9 Å². The maximum Gasteiger partial charge on any atom is 0.341 e. The highest BCUT2D eigenvalue weighted by Gasteiger charge is 2.24. The zero-order valence-electron chi connectivity index (χ0n) is 18.0. The number of thiophene rings is 1. The lowest BCUT2D eigenvalue weighted by Crippen LogP contribution is -2.08. The molecule has 1 aromatic carbocycles. The molecule has 0 spiro atoms. The predicted octanol–water partition coefficient (Wildman–Crippen LogP) is 5.54. The maximum atomic E-state index is 12.4. The summed E-state index contributed by atoms with van der Waals surface area (Å²) in [4.78, 5) is 29.4. The molecule has 0 bridgehead atoms. The first-order valence-corrected chi connectivity index (χ1v) is 11.4. The van der Waals surface area contributed by atoms with Crippen LogP contribution in [0.25, 0.3) is 16.8 Å². The van der Waals surface area contributed by atoms with Crippen molar-refractivity contribution in [2.75, 3.05) is 19.0 Å². The van der Waals surface area contributed by atoms with Crippen LogP contribution in [-0.4, -0.2) is 30.5 Å². The number of rotatable bonds is 8. The fourth-order valence-electron chi connectivity index (χ4n) is 2.99. The van der Waals surface area contributed by atoms with Crippen LogP contribution in [0, 0.1) is 18.3 Å². The van der Waals surface area contributed by atoms with Gasteiger partial charge in [-0.2, -0.15) is 5.26 Å². The summed E-state index contributed by atoms with van der Waals surface area (Å²) in [5.41, 5.74) is 2.76. The number of anilines is 1. The number of benzene rings is 1. The predicted molar refractivity (Wildman–Crippen MR) is 126 cm³/mol. The normalized spacial score (nSPS) is 11.0. The summed E-state index contributed by atoms with van der Waals surface area (Å²) < 4.78 is 10.4. The van der Waals surface area contributed by atoms with Gasteiger partial charge in [-0.25, -0.2) is 9.78 Å². The molecule has 7 nitrogen and oxygen atoms in total. The summed E-state index contributed by atoms with van der Waals surface area (Å²) in [6, 6.07) is 9.65. The first-order valence-electron chi connectivity index (χ1n) is 9.68. The highest BCUT2D eigenvalue weighted by Crippen LogP contribution is 2.35. The summed E-state index contributed by atoms with van der Waals surface area (Å²) in [5, 5.41) is 15.5. The van der Waals surface area contributed by atoms with Gasteiger partial charge in [0.2, 0.25) is 0 Å². The molecule has 1 N–H and O–H groups in total. The molecule has 0 aliphatic carbocycles. The fraction of sp³-hybridized carbons (Fsp3) is 0.217. The molecule has 0 saturated carbocycles. The molecule has 2 heterocycles. The van der Waals surface area contributed by atoms with Crippen LogP contribution < -0.4 is 10.1 Å². The van der Waals surface area contributed by atoms with Gasteiger partial charge in [0.05, 0.1) is 29.9 Å². The van der Waals surface area contributed by atoms with Crippen molar-refractivity contribution >= 4 is 45.0 Å². The standard InChI is InChI=1S/C23H21N3O4S2/c1-5-30-23(28)19-13(2)20(14(3)27)32-22(19)25-11-16(10-24)21-26-18(12-31-21)15-7-6-8-17(9-15)29-4/h6-9,11-12,25H,5H2,1-4H3. The highest BCUT2D eigenvalue weighted by atomic mass is 32.1. The molecule has 3 rings (SSSR count). The number of ether oxygens (including phenoxy) is 2. The number of methoxy groups -OCH3 is 1. The largest absolute Gasteiger partial charge is 0.497 e. The SMILES string of the molecule is CCOC(=O)c1c(NC=C(C#N)c2nc(-c3cccc(OC)c3)cs2)sc(C(C)=O)c1C. The van der Waals surface area contributed by atoms with Crippen molar-refractivity contribution in [1.29, 1.82) is 5.26 Å². The lowest BCUT2D eigenvalue weighted by atomic mass is 10.1. The highest BCUT2D eigenvalue weighted by molar-refractivity contribution is 7.18. The molecule has 0 atom stereocenters. The van der Waals surface area contributed by atoms with E-state index in [1.807, 2.05) is 29.6 Å². The molecule has 2 aromatic heterocycles. The number of hydrogen-bond donors (Lipinski definition) is 1. The molecule has 3 aromatic rings. The molecule has 0 radical (unpaired) electrons. The Kier molecular flexibility index (Phi) is 7.41. The number of hydrogen-bond acceptors (Lipinski definition) is 9. The third-order valence-corrected chi connectivity index (χ3v) is 6.71. The molecule has 0 unspecified atom stereocenters. The van der Waals surface area contributed by atoms with E-state index in [0.717, 1.165) is 28.3 Å². The van der Waals surface area contributed by atoms with E-state index in [1.54, 1.807) is 21.0 Å². The van der Waals surface area contributed by atoms with Crippen molar-refractivity contribution < 1.29 is 19.1 Å². The zero-order chi connectivity index (χ0) is 23.3. The van der Waals surface area contributed by atoms with Gasteiger partial charge >= 0.3 is 5.97 Å². The van der Waals surface area contributed by atoms with Crippen LogP contribution in [0.2, 0.25) is 0 Å². The number of carbonyl (C=O) groups is 2. The van der Waals surface area contributed by atoms with Crippen LogP contribution in [0.1, 0.15) is 44.4 Å². The van der Waals surface area contributed by atoms with Gasteiger partial charge in [-0.15, -0.1) is 22.7 Å². The Balaban J connectivity index is 1.93. The van der Waals surface area contributed by atoms with Gasteiger partial charge in [0.15, 0.2) is 5.78 Å². The number of esters is 1. The van der Waals surface area contributed by atoms with Crippen molar-refractivity contribution in [3.8, 4) is 23.1 Å². The molecule has 0 saturated heterocycles. The summed E-state index contributed by atoms with van der Waals surface area (Å²) in [6.07, 6.45) is 1.49. The van der Waals surface area contributed by atoms with Crippen LogP contribution in [-0.2, 0) is 4.74 Å². The van der Waals surface area contributed by atoms with Crippen molar-refractivity contribution in [3.63, 3.8) is 0 Å². The molecule has 32 heavy (non-hydrogen) atoms. The second-order valence-corrected chi connectivity index (χ2v) is 8.50. The topological polar surface area (TPSA) is 101 Å².